The van der Waals surface area contributed by atoms with Gasteiger partial charge in [0.15, 0.2) is 11.5 Å². The average Bonchev–Trinajstić information content (AvgIpc) is 2.95. The Morgan fingerprint density at radius 3 is 2.82 bits per heavy atom. The average molecular weight is 302 g/mol. The van der Waals surface area contributed by atoms with Crippen molar-refractivity contribution in [2.75, 3.05) is 12.4 Å². The molecule has 0 saturated carbocycles. The van der Waals surface area contributed by atoms with E-state index in [4.69, 9.17) is 4.74 Å². The number of anilines is 1. The molecule has 0 radical (unpaired) electrons. The summed E-state index contributed by atoms with van der Waals surface area (Å²) in [5, 5.41) is 26.3. The summed E-state index contributed by atoms with van der Waals surface area (Å²) < 4.78 is 6.37. The molecule has 0 bridgehead atoms. The molecule has 1 atom stereocenters. The number of carbonyl (C=O) groups excluding carboxylic acids is 1. The number of nitrogens with one attached hydrogen (secondary N) is 1. The molecule has 1 aromatic carbocycles. The number of allylic oxidation sites excluding steroid dienone is 1. The van der Waals surface area contributed by atoms with Gasteiger partial charge in [-0.15, -0.1) is 0 Å². The number of fused-ring (bicyclic) bond motifs is 1. The van der Waals surface area contributed by atoms with Crippen molar-refractivity contribution >= 4 is 11.9 Å². The summed E-state index contributed by atoms with van der Waals surface area (Å²) in [5.74, 6) is -0.553. The quantitative estimate of drug-likeness (QED) is 0.564. The third-order valence-corrected chi connectivity index (χ3v) is 3.51. The van der Waals surface area contributed by atoms with Gasteiger partial charge < -0.3 is 20.3 Å². The first-order chi connectivity index (χ1) is 10.5. The van der Waals surface area contributed by atoms with Crippen LogP contribution in [0.5, 0.6) is 11.5 Å². The van der Waals surface area contributed by atoms with Crippen molar-refractivity contribution in [2.45, 2.75) is 13.0 Å². The highest BCUT2D eigenvalue weighted by Crippen LogP contribution is 2.37. The minimum Gasteiger partial charge on any atom is -0.504 e. The number of ether oxygens (including phenoxy) is 1. The number of benzene rings is 1. The smallest absolute Gasteiger partial charge is 0.338 e. The summed E-state index contributed by atoms with van der Waals surface area (Å²) in [4.78, 5) is 16.2. The molecule has 0 aliphatic carbocycles. The number of nitrogens with zero attached hydrogens (tertiary/aromatic N) is 3. The number of esters is 1. The number of phenols is 2. The van der Waals surface area contributed by atoms with Gasteiger partial charge in [-0.2, -0.15) is 10.1 Å². The van der Waals surface area contributed by atoms with Crippen LogP contribution >= 0.6 is 0 Å². The van der Waals surface area contributed by atoms with Gasteiger partial charge >= 0.3 is 5.97 Å². The van der Waals surface area contributed by atoms with Gasteiger partial charge in [-0.05, 0) is 24.6 Å². The van der Waals surface area contributed by atoms with Crippen LogP contribution in [-0.2, 0) is 9.53 Å². The summed E-state index contributed by atoms with van der Waals surface area (Å²) in [6.45, 7) is 1.73. The minimum atomic E-state index is -0.613. The maximum absolute atomic E-state index is 12.2. The van der Waals surface area contributed by atoms with Gasteiger partial charge in [-0.25, -0.2) is 9.48 Å². The fourth-order valence-electron chi connectivity index (χ4n) is 2.48. The normalized spacial score (nSPS) is 16.9. The van der Waals surface area contributed by atoms with Crippen LogP contribution in [0.25, 0.3) is 0 Å². The zero-order valence-corrected chi connectivity index (χ0v) is 11.9. The van der Waals surface area contributed by atoms with E-state index in [0.29, 0.717) is 22.8 Å². The van der Waals surface area contributed by atoms with Crippen molar-refractivity contribution in [2.24, 2.45) is 0 Å². The van der Waals surface area contributed by atoms with E-state index in [9.17, 15) is 15.0 Å². The van der Waals surface area contributed by atoms with Crippen molar-refractivity contribution in [3.8, 4) is 11.5 Å². The molecule has 114 valence electrons. The van der Waals surface area contributed by atoms with Crippen LogP contribution in [0.15, 0.2) is 35.8 Å². The van der Waals surface area contributed by atoms with Crippen LogP contribution in [0.2, 0.25) is 0 Å². The van der Waals surface area contributed by atoms with E-state index >= 15 is 0 Å². The topological polar surface area (TPSA) is 110 Å². The summed E-state index contributed by atoms with van der Waals surface area (Å²) in [6.07, 6.45) is 1.36. The SMILES string of the molecule is COC(=O)C1=C(C)Nc2ncnn2C1c1ccc(O)c(O)c1. The van der Waals surface area contributed by atoms with Crippen molar-refractivity contribution < 1.29 is 19.7 Å². The number of aromatic nitrogens is 3. The van der Waals surface area contributed by atoms with Crippen LogP contribution < -0.4 is 5.32 Å². The molecule has 2 aromatic rings. The minimum absolute atomic E-state index is 0.239. The van der Waals surface area contributed by atoms with E-state index in [1.165, 1.54) is 30.3 Å². The monoisotopic (exact) mass is 302 g/mol. The van der Waals surface area contributed by atoms with Crippen LogP contribution in [0.3, 0.4) is 0 Å². The molecule has 22 heavy (non-hydrogen) atoms. The third-order valence-electron chi connectivity index (χ3n) is 3.51. The van der Waals surface area contributed by atoms with Crippen LogP contribution in [0, 0.1) is 0 Å². The van der Waals surface area contributed by atoms with E-state index < -0.39 is 12.0 Å². The number of methoxy groups -OCH3 is 1. The van der Waals surface area contributed by atoms with Gasteiger partial charge in [0.1, 0.15) is 12.4 Å². The zero-order chi connectivity index (χ0) is 15.9. The lowest BCUT2D eigenvalue weighted by atomic mass is 9.95. The van der Waals surface area contributed by atoms with Crippen LogP contribution in [-0.4, -0.2) is 38.1 Å². The van der Waals surface area contributed by atoms with E-state index in [0.717, 1.165) is 0 Å². The highest BCUT2D eigenvalue weighted by molar-refractivity contribution is 5.92. The molecule has 0 amide bonds. The number of aromatic hydroxyl groups is 2. The molecule has 0 saturated heterocycles. The first-order valence-corrected chi connectivity index (χ1v) is 6.50. The molecule has 8 nitrogen and oxygen atoms in total. The molecule has 0 spiro atoms. The largest absolute Gasteiger partial charge is 0.504 e. The lowest BCUT2D eigenvalue weighted by Gasteiger charge is -2.28. The second-order valence-corrected chi connectivity index (χ2v) is 4.83. The predicted octanol–water partition coefficient (Wildman–Crippen LogP) is 1.15. The Kier molecular flexibility index (Phi) is 3.21. The fourth-order valence-corrected chi connectivity index (χ4v) is 2.48. The van der Waals surface area contributed by atoms with Crippen molar-refractivity contribution in [1.82, 2.24) is 14.8 Å². The summed E-state index contributed by atoms with van der Waals surface area (Å²) >= 11 is 0. The maximum Gasteiger partial charge on any atom is 0.338 e. The van der Waals surface area contributed by atoms with Crippen LogP contribution in [0.4, 0.5) is 5.95 Å². The maximum atomic E-state index is 12.2. The molecule has 8 heteroatoms. The molecule has 1 aliphatic rings. The summed E-state index contributed by atoms with van der Waals surface area (Å²) in [5.41, 5.74) is 1.51. The van der Waals surface area contributed by atoms with Gasteiger partial charge in [0.25, 0.3) is 0 Å². The number of rotatable bonds is 2. The lowest BCUT2D eigenvalue weighted by Crippen LogP contribution is -2.29. The molecular weight excluding hydrogens is 288 g/mol. The third kappa shape index (κ3) is 2.05. The van der Waals surface area contributed by atoms with Gasteiger partial charge in [0.2, 0.25) is 5.95 Å². The van der Waals surface area contributed by atoms with Crippen LogP contribution in [0.1, 0.15) is 18.5 Å². The Bertz CT molecular complexity index is 781. The van der Waals surface area contributed by atoms with Gasteiger partial charge in [-0.3, -0.25) is 0 Å². The lowest BCUT2D eigenvalue weighted by molar-refractivity contribution is -0.136. The first kappa shape index (κ1) is 13.9. The molecule has 3 N–H and O–H groups in total. The Morgan fingerprint density at radius 2 is 2.14 bits per heavy atom. The predicted molar refractivity (Wildman–Crippen MR) is 76.3 cm³/mol. The van der Waals surface area contributed by atoms with Gasteiger partial charge in [0, 0.05) is 5.70 Å². The molecular formula is C14H14N4O4. The van der Waals surface area contributed by atoms with E-state index in [1.807, 2.05) is 0 Å². The summed E-state index contributed by atoms with van der Waals surface area (Å²) in [7, 11) is 1.30. The number of hydrogen-bond acceptors (Lipinski definition) is 7. The fraction of sp³-hybridized carbons (Fsp3) is 0.214. The highest BCUT2D eigenvalue weighted by Gasteiger charge is 2.34. The van der Waals surface area contributed by atoms with E-state index in [-0.39, 0.29) is 11.5 Å². The second-order valence-electron chi connectivity index (χ2n) is 4.83. The Morgan fingerprint density at radius 1 is 1.36 bits per heavy atom. The van der Waals surface area contributed by atoms with E-state index in [2.05, 4.69) is 15.4 Å². The number of phenolic OH excluding ortho intramolecular Hbond substituents is 2. The van der Waals surface area contributed by atoms with Gasteiger partial charge in [0.05, 0.1) is 12.7 Å². The van der Waals surface area contributed by atoms with E-state index in [1.54, 1.807) is 13.0 Å². The Labute approximate surface area is 125 Å². The molecule has 2 heterocycles. The Balaban J connectivity index is 2.20. The zero-order valence-electron chi connectivity index (χ0n) is 11.9. The molecule has 1 aliphatic heterocycles. The molecule has 1 aromatic heterocycles. The van der Waals surface area contributed by atoms with Crippen molar-refractivity contribution in [1.29, 1.82) is 0 Å². The number of hydrogen-bond donors (Lipinski definition) is 3. The first-order valence-electron chi connectivity index (χ1n) is 6.50. The van der Waals surface area contributed by atoms with Gasteiger partial charge in [-0.1, -0.05) is 6.07 Å². The second kappa shape index (κ2) is 5.06. The molecule has 0 fully saturated rings. The summed E-state index contributed by atoms with van der Waals surface area (Å²) in [6, 6.07) is 3.73. The van der Waals surface area contributed by atoms with Crippen molar-refractivity contribution in [3.63, 3.8) is 0 Å². The highest BCUT2D eigenvalue weighted by atomic mass is 16.5. The Hall–Kier alpha value is -3.03. The molecule has 3 rings (SSSR count). The van der Waals surface area contributed by atoms with Crippen molar-refractivity contribution in [3.05, 3.63) is 41.4 Å². The molecule has 1 unspecified atom stereocenters. The number of carbonyl (C=O) groups is 1. The standard InChI is InChI=1S/C14H14N4O4/c1-7-11(13(21)22-2)12(18-14(17-7)15-6-16-18)8-3-4-9(19)10(20)5-8/h3-6,12,19-20H,1-2H3,(H,15,16,17).